The van der Waals surface area contributed by atoms with Gasteiger partial charge >= 0.3 is 0 Å². The van der Waals surface area contributed by atoms with Gasteiger partial charge in [0.15, 0.2) is 0 Å². The Labute approximate surface area is 120 Å². The number of ether oxygens (including phenoxy) is 2. The minimum Gasteiger partial charge on any atom is -0.496 e. The second-order valence-corrected chi connectivity index (χ2v) is 5.14. The lowest BCUT2D eigenvalue weighted by atomic mass is 10.0. The van der Waals surface area contributed by atoms with Crippen LogP contribution in [-0.2, 0) is 6.42 Å². The molecule has 3 heteroatoms. The fourth-order valence-corrected chi connectivity index (χ4v) is 2.25. The normalized spacial score (nSPS) is 10.4. The summed E-state index contributed by atoms with van der Waals surface area (Å²) in [5.41, 5.74) is 4.33. The molecule has 0 spiro atoms. The van der Waals surface area contributed by atoms with Crippen molar-refractivity contribution in [2.75, 3.05) is 14.2 Å². The number of methoxy groups -OCH3 is 2. The van der Waals surface area contributed by atoms with E-state index in [-0.39, 0.29) is 0 Å². The molecule has 0 atom stereocenters. The van der Waals surface area contributed by atoms with Crippen LogP contribution in [0.5, 0.6) is 11.6 Å². The molecule has 1 aromatic heterocycles. The van der Waals surface area contributed by atoms with E-state index in [9.17, 15) is 0 Å². The van der Waals surface area contributed by atoms with Crippen molar-refractivity contribution in [2.45, 2.75) is 27.2 Å². The molecule has 0 aliphatic carbocycles. The van der Waals surface area contributed by atoms with E-state index in [1.54, 1.807) is 14.2 Å². The molecule has 0 saturated carbocycles. The molecule has 1 aromatic carbocycles. The van der Waals surface area contributed by atoms with Crippen molar-refractivity contribution in [2.24, 2.45) is 0 Å². The van der Waals surface area contributed by atoms with Gasteiger partial charge in [0.2, 0.25) is 5.88 Å². The van der Waals surface area contributed by atoms with Gasteiger partial charge in [-0.2, -0.15) is 0 Å². The summed E-state index contributed by atoms with van der Waals surface area (Å²) < 4.78 is 11.1. The average molecular weight is 271 g/mol. The Hall–Kier alpha value is -2.03. The molecule has 1 heterocycles. The molecule has 0 amide bonds. The van der Waals surface area contributed by atoms with Gasteiger partial charge in [0.1, 0.15) is 5.75 Å². The molecule has 0 fully saturated rings. The highest BCUT2D eigenvalue weighted by Crippen LogP contribution is 2.35. The van der Waals surface area contributed by atoms with Gasteiger partial charge in [0.05, 0.1) is 25.3 Å². The van der Waals surface area contributed by atoms with Crippen molar-refractivity contribution >= 4 is 10.9 Å². The lowest BCUT2D eigenvalue weighted by molar-refractivity contribution is 0.379. The quantitative estimate of drug-likeness (QED) is 0.785. The topological polar surface area (TPSA) is 31.4 Å². The second kappa shape index (κ2) is 5.95. The van der Waals surface area contributed by atoms with Gasteiger partial charge in [0.25, 0.3) is 0 Å². The summed E-state index contributed by atoms with van der Waals surface area (Å²) in [6.07, 6.45) is 2.91. The highest BCUT2D eigenvalue weighted by molar-refractivity contribution is 5.88. The van der Waals surface area contributed by atoms with E-state index < -0.39 is 0 Å². The molecule has 0 aliphatic rings. The molecule has 0 aliphatic heterocycles. The number of aryl methyl sites for hydroxylation is 1. The molecule has 106 valence electrons. The number of pyridine rings is 1. The number of hydrogen-bond acceptors (Lipinski definition) is 3. The first-order valence-corrected chi connectivity index (χ1v) is 6.71. The Morgan fingerprint density at radius 2 is 1.95 bits per heavy atom. The van der Waals surface area contributed by atoms with Crippen molar-refractivity contribution in [3.05, 3.63) is 41.0 Å². The van der Waals surface area contributed by atoms with Gasteiger partial charge in [0, 0.05) is 5.39 Å². The van der Waals surface area contributed by atoms with Crippen LogP contribution in [0, 0.1) is 6.92 Å². The monoisotopic (exact) mass is 271 g/mol. The SMILES string of the molecule is COc1nc2cc(C)ccc2c(OC)c1CC=C(C)C. The van der Waals surface area contributed by atoms with Crippen LogP contribution in [0.3, 0.4) is 0 Å². The van der Waals surface area contributed by atoms with E-state index in [0.717, 1.165) is 28.6 Å². The van der Waals surface area contributed by atoms with Crippen LogP contribution in [0.4, 0.5) is 0 Å². The van der Waals surface area contributed by atoms with Crippen LogP contribution in [-0.4, -0.2) is 19.2 Å². The van der Waals surface area contributed by atoms with Gasteiger partial charge in [-0.15, -0.1) is 0 Å². The molecule has 20 heavy (non-hydrogen) atoms. The fourth-order valence-electron chi connectivity index (χ4n) is 2.25. The van der Waals surface area contributed by atoms with Crippen LogP contribution in [0.2, 0.25) is 0 Å². The predicted molar refractivity (Wildman–Crippen MR) is 82.7 cm³/mol. The summed E-state index contributed by atoms with van der Waals surface area (Å²) in [7, 11) is 3.34. The van der Waals surface area contributed by atoms with Crippen molar-refractivity contribution < 1.29 is 9.47 Å². The molecule has 2 rings (SSSR count). The molecular formula is C17H21NO2. The van der Waals surface area contributed by atoms with E-state index in [0.29, 0.717) is 5.88 Å². The Morgan fingerprint density at radius 3 is 2.55 bits per heavy atom. The Morgan fingerprint density at radius 1 is 1.20 bits per heavy atom. The zero-order chi connectivity index (χ0) is 14.7. The molecule has 2 aromatic rings. The summed E-state index contributed by atoms with van der Waals surface area (Å²) in [6, 6.07) is 6.18. The van der Waals surface area contributed by atoms with Crippen molar-refractivity contribution in [1.29, 1.82) is 0 Å². The third-order valence-electron chi connectivity index (χ3n) is 3.26. The fraction of sp³-hybridized carbons (Fsp3) is 0.353. The van der Waals surface area contributed by atoms with Crippen molar-refractivity contribution in [3.8, 4) is 11.6 Å². The molecule has 0 saturated heterocycles. The predicted octanol–water partition coefficient (Wildman–Crippen LogP) is 4.07. The lowest BCUT2D eigenvalue weighted by Gasteiger charge is -2.14. The van der Waals surface area contributed by atoms with Gasteiger partial charge in [-0.25, -0.2) is 4.98 Å². The van der Waals surface area contributed by atoms with Crippen LogP contribution < -0.4 is 9.47 Å². The largest absolute Gasteiger partial charge is 0.496 e. The van der Waals surface area contributed by atoms with Crippen LogP contribution in [0.15, 0.2) is 29.8 Å². The Balaban J connectivity index is 2.70. The Bertz CT molecular complexity index is 656. The minimum absolute atomic E-state index is 0.637. The Kier molecular flexibility index (Phi) is 4.28. The summed E-state index contributed by atoms with van der Waals surface area (Å²) in [6.45, 7) is 6.21. The summed E-state index contributed by atoms with van der Waals surface area (Å²) >= 11 is 0. The maximum atomic E-state index is 5.62. The minimum atomic E-state index is 0.637. The maximum absolute atomic E-state index is 5.62. The molecule has 0 N–H and O–H groups in total. The van der Waals surface area contributed by atoms with Crippen LogP contribution in [0.25, 0.3) is 10.9 Å². The molecule has 0 unspecified atom stereocenters. The van der Waals surface area contributed by atoms with Gasteiger partial charge in [-0.05, 0) is 44.9 Å². The summed E-state index contributed by atoms with van der Waals surface area (Å²) in [5, 5.41) is 1.02. The molecular weight excluding hydrogens is 250 g/mol. The summed E-state index contributed by atoms with van der Waals surface area (Å²) in [5.74, 6) is 1.49. The standard InChI is InChI=1S/C17H21NO2/c1-11(2)6-8-14-16(19-4)13-9-7-12(3)10-15(13)18-17(14)20-5/h6-7,9-10H,8H2,1-5H3. The van der Waals surface area contributed by atoms with Crippen molar-refractivity contribution in [1.82, 2.24) is 4.98 Å². The average Bonchev–Trinajstić information content (AvgIpc) is 2.43. The third-order valence-corrected chi connectivity index (χ3v) is 3.26. The van der Waals surface area contributed by atoms with Gasteiger partial charge < -0.3 is 9.47 Å². The van der Waals surface area contributed by atoms with Crippen LogP contribution >= 0.6 is 0 Å². The highest BCUT2D eigenvalue weighted by Gasteiger charge is 2.15. The number of rotatable bonds is 4. The number of nitrogens with zero attached hydrogens (tertiary/aromatic N) is 1. The van der Waals surface area contributed by atoms with Crippen LogP contribution in [0.1, 0.15) is 25.0 Å². The number of aromatic nitrogens is 1. The number of fused-ring (bicyclic) bond motifs is 1. The van der Waals surface area contributed by atoms with E-state index in [1.165, 1.54) is 11.1 Å². The van der Waals surface area contributed by atoms with E-state index in [1.807, 2.05) is 6.07 Å². The third kappa shape index (κ3) is 2.77. The zero-order valence-corrected chi connectivity index (χ0v) is 12.8. The van der Waals surface area contributed by atoms with E-state index in [4.69, 9.17) is 9.47 Å². The van der Waals surface area contributed by atoms with E-state index in [2.05, 4.69) is 44.0 Å². The first-order valence-electron chi connectivity index (χ1n) is 6.71. The second-order valence-electron chi connectivity index (χ2n) is 5.14. The first kappa shape index (κ1) is 14.4. The number of allylic oxidation sites excluding steroid dienone is 2. The van der Waals surface area contributed by atoms with Gasteiger partial charge in [-0.3, -0.25) is 0 Å². The summed E-state index contributed by atoms with van der Waals surface area (Å²) in [4.78, 5) is 4.61. The number of hydrogen-bond donors (Lipinski definition) is 0. The molecule has 0 radical (unpaired) electrons. The first-order chi connectivity index (χ1) is 9.56. The van der Waals surface area contributed by atoms with E-state index >= 15 is 0 Å². The lowest BCUT2D eigenvalue weighted by Crippen LogP contribution is -2.00. The molecule has 0 bridgehead atoms. The number of benzene rings is 1. The maximum Gasteiger partial charge on any atom is 0.220 e. The van der Waals surface area contributed by atoms with Gasteiger partial charge in [-0.1, -0.05) is 17.7 Å². The van der Waals surface area contributed by atoms with Crippen molar-refractivity contribution in [3.63, 3.8) is 0 Å². The molecule has 3 nitrogen and oxygen atoms in total. The zero-order valence-electron chi connectivity index (χ0n) is 12.8. The highest BCUT2D eigenvalue weighted by atomic mass is 16.5. The smallest absolute Gasteiger partial charge is 0.220 e.